The highest BCUT2D eigenvalue weighted by Gasteiger charge is 2.46. The van der Waals surface area contributed by atoms with Gasteiger partial charge < -0.3 is 20.5 Å². The number of para-hydroxylation sites is 1. The quantitative estimate of drug-likeness (QED) is 0.450. The largest absolute Gasteiger partial charge is 0.344 e. The van der Waals surface area contributed by atoms with E-state index in [0.717, 1.165) is 67.8 Å². The highest BCUT2D eigenvalue weighted by atomic mass is 19.1. The molecular formula is C28H29FN6O. The van der Waals surface area contributed by atoms with Crippen molar-refractivity contribution in [2.75, 3.05) is 29.4 Å². The van der Waals surface area contributed by atoms with Crippen LogP contribution in [0.3, 0.4) is 0 Å². The van der Waals surface area contributed by atoms with Crippen molar-refractivity contribution in [2.45, 2.75) is 31.7 Å². The molecule has 184 valence electrons. The number of anilines is 3. The molecule has 1 fully saturated rings. The van der Waals surface area contributed by atoms with E-state index in [1.807, 2.05) is 25.4 Å². The van der Waals surface area contributed by atoms with Gasteiger partial charge in [0, 0.05) is 44.6 Å². The van der Waals surface area contributed by atoms with Gasteiger partial charge in [-0.2, -0.15) is 4.98 Å². The number of H-pyrrole nitrogens is 1. The molecule has 4 aromatic rings. The Morgan fingerprint density at radius 2 is 1.89 bits per heavy atom. The van der Waals surface area contributed by atoms with E-state index >= 15 is 0 Å². The average Bonchev–Trinajstić information content (AvgIpc) is 3.57. The Hall–Kier alpha value is -3.65. The van der Waals surface area contributed by atoms with E-state index in [2.05, 4.69) is 33.0 Å². The molecule has 1 spiro atoms. The first kappa shape index (κ1) is 21.6. The van der Waals surface area contributed by atoms with E-state index in [-0.39, 0.29) is 22.8 Å². The number of rotatable bonds is 2. The molecule has 7 nitrogen and oxygen atoms in total. The number of benzene rings is 2. The minimum Gasteiger partial charge on any atom is -0.344 e. The van der Waals surface area contributed by atoms with Crippen molar-refractivity contribution in [1.82, 2.24) is 14.5 Å². The summed E-state index contributed by atoms with van der Waals surface area (Å²) in [6, 6.07) is 13.2. The van der Waals surface area contributed by atoms with Gasteiger partial charge in [0.25, 0.3) is 5.56 Å². The number of halogens is 1. The summed E-state index contributed by atoms with van der Waals surface area (Å²) in [4.78, 5) is 26.2. The minimum absolute atomic E-state index is 0.0450. The Kier molecular flexibility index (Phi) is 4.61. The van der Waals surface area contributed by atoms with Gasteiger partial charge in [0.15, 0.2) is 0 Å². The van der Waals surface area contributed by atoms with Gasteiger partial charge in [-0.05, 0) is 66.0 Å². The molecule has 0 unspecified atom stereocenters. The number of piperidine rings is 1. The van der Waals surface area contributed by atoms with Crippen LogP contribution in [0, 0.1) is 11.2 Å². The summed E-state index contributed by atoms with van der Waals surface area (Å²) in [5.74, 6) is 0.446. The standard InChI is InChI=1S/C28H29FN6O/c1-33-26(36)23-22(35-11-8-17-4-2-3-5-21(17)35)16-31-25(23)32-27(33)34-12-9-28(10-13-34)15-18-6-7-19(29)14-20(18)24(28)30/h2-7,14,16,24,31H,8-13,15,30H2,1H3/t24-/m1/s1. The normalized spacial score (nSPS) is 20.4. The van der Waals surface area contributed by atoms with Crippen LogP contribution >= 0.6 is 0 Å². The third-order valence-corrected chi connectivity index (χ3v) is 8.73. The molecule has 4 heterocycles. The number of nitrogens with two attached hydrogens (primary N) is 1. The Balaban J connectivity index is 1.19. The molecule has 3 aliphatic rings. The van der Waals surface area contributed by atoms with Crippen LogP contribution in [-0.4, -0.2) is 34.2 Å². The zero-order chi connectivity index (χ0) is 24.6. The number of aromatic amines is 1. The summed E-state index contributed by atoms with van der Waals surface area (Å²) in [6.07, 6.45) is 5.49. The fourth-order valence-electron chi connectivity index (χ4n) is 6.69. The number of nitrogens with one attached hydrogen (secondary N) is 1. The van der Waals surface area contributed by atoms with Crippen molar-refractivity contribution in [3.63, 3.8) is 0 Å². The van der Waals surface area contributed by atoms with Crippen molar-refractivity contribution >= 4 is 28.4 Å². The maximum absolute atomic E-state index is 13.8. The molecular weight excluding hydrogens is 455 g/mol. The van der Waals surface area contributed by atoms with Gasteiger partial charge in [-0.3, -0.25) is 9.36 Å². The van der Waals surface area contributed by atoms with Crippen molar-refractivity contribution < 1.29 is 4.39 Å². The first-order chi connectivity index (χ1) is 17.4. The molecule has 0 saturated carbocycles. The zero-order valence-electron chi connectivity index (χ0n) is 20.3. The fraction of sp³-hybridized carbons (Fsp3) is 0.357. The lowest BCUT2D eigenvalue weighted by atomic mass is 9.73. The molecule has 1 saturated heterocycles. The molecule has 1 aliphatic carbocycles. The number of nitrogens with zero attached hydrogens (tertiary/aromatic N) is 4. The van der Waals surface area contributed by atoms with E-state index in [9.17, 15) is 9.18 Å². The molecule has 0 bridgehead atoms. The van der Waals surface area contributed by atoms with Gasteiger partial charge >= 0.3 is 0 Å². The second-order valence-corrected chi connectivity index (χ2v) is 10.6. The summed E-state index contributed by atoms with van der Waals surface area (Å²) in [5, 5.41) is 0.627. The van der Waals surface area contributed by atoms with E-state index in [0.29, 0.717) is 17.0 Å². The third-order valence-electron chi connectivity index (χ3n) is 8.73. The fourth-order valence-corrected chi connectivity index (χ4v) is 6.69. The summed E-state index contributed by atoms with van der Waals surface area (Å²) < 4.78 is 15.5. The first-order valence-electron chi connectivity index (χ1n) is 12.7. The van der Waals surface area contributed by atoms with Crippen LogP contribution in [0.5, 0.6) is 0 Å². The molecule has 7 rings (SSSR count). The van der Waals surface area contributed by atoms with Gasteiger partial charge in [-0.25, -0.2) is 4.39 Å². The van der Waals surface area contributed by atoms with Crippen LogP contribution in [-0.2, 0) is 19.9 Å². The lowest BCUT2D eigenvalue weighted by Crippen LogP contribution is -2.46. The molecule has 2 aromatic heterocycles. The topological polar surface area (TPSA) is 83.2 Å². The Labute approximate surface area is 208 Å². The zero-order valence-corrected chi connectivity index (χ0v) is 20.3. The number of aromatic nitrogens is 3. The van der Waals surface area contributed by atoms with E-state index < -0.39 is 0 Å². The first-order valence-corrected chi connectivity index (χ1v) is 12.7. The predicted molar refractivity (Wildman–Crippen MR) is 139 cm³/mol. The van der Waals surface area contributed by atoms with Crippen LogP contribution in [0.25, 0.3) is 11.0 Å². The number of fused-ring (bicyclic) bond motifs is 3. The molecule has 36 heavy (non-hydrogen) atoms. The molecule has 8 heteroatoms. The SMILES string of the molecule is Cn1c(N2CCC3(CC2)Cc2ccc(F)cc2[C@H]3N)nc2[nH]cc(N3CCc4ccccc43)c2c1=O. The average molecular weight is 485 g/mol. The second-order valence-electron chi connectivity index (χ2n) is 10.6. The molecule has 0 radical (unpaired) electrons. The molecule has 1 atom stereocenters. The van der Waals surface area contributed by atoms with E-state index in [1.165, 1.54) is 11.6 Å². The smallest absolute Gasteiger partial charge is 0.266 e. The second kappa shape index (κ2) is 7.67. The minimum atomic E-state index is -0.228. The van der Waals surface area contributed by atoms with E-state index in [4.69, 9.17) is 10.7 Å². The van der Waals surface area contributed by atoms with Crippen molar-refractivity contribution in [3.8, 4) is 0 Å². The van der Waals surface area contributed by atoms with Crippen LogP contribution in [0.15, 0.2) is 53.5 Å². The third kappa shape index (κ3) is 3.00. The van der Waals surface area contributed by atoms with Crippen LogP contribution in [0.1, 0.15) is 35.6 Å². The molecule has 2 aliphatic heterocycles. The Morgan fingerprint density at radius 3 is 2.72 bits per heavy atom. The van der Waals surface area contributed by atoms with Crippen LogP contribution in [0.2, 0.25) is 0 Å². The summed E-state index contributed by atoms with van der Waals surface area (Å²) in [6.45, 7) is 2.35. The Morgan fingerprint density at radius 1 is 1.08 bits per heavy atom. The molecule has 0 amide bonds. The predicted octanol–water partition coefficient (Wildman–Crippen LogP) is 3.94. The molecule has 3 N–H and O–H groups in total. The highest BCUT2D eigenvalue weighted by molar-refractivity contribution is 5.93. The van der Waals surface area contributed by atoms with E-state index in [1.54, 1.807) is 10.6 Å². The van der Waals surface area contributed by atoms with Gasteiger partial charge in [-0.1, -0.05) is 24.3 Å². The van der Waals surface area contributed by atoms with Crippen molar-refractivity contribution in [3.05, 3.63) is 81.5 Å². The molecule has 2 aromatic carbocycles. The number of hydrogen-bond donors (Lipinski definition) is 2. The lowest BCUT2D eigenvalue weighted by Gasteiger charge is -2.42. The highest BCUT2D eigenvalue weighted by Crippen LogP contribution is 2.51. The van der Waals surface area contributed by atoms with Crippen molar-refractivity contribution in [2.24, 2.45) is 18.2 Å². The number of hydrogen-bond acceptors (Lipinski definition) is 5. The summed E-state index contributed by atoms with van der Waals surface area (Å²) >= 11 is 0. The van der Waals surface area contributed by atoms with Crippen LogP contribution in [0.4, 0.5) is 21.7 Å². The lowest BCUT2D eigenvalue weighted by molar-refractivity contribution is 0.186. The van der Waals surface area contributed by atoms with Gasteiger partial charge in [-0.15, -0.1) is 0 Å². The summed E-state index contributed by atoms with van der Waals surface area (Å²) in [5.41, 5.74) is 12.6. The maximum atomic E-state index is 13.8. The Bertz CT molecular complexity index is 1560. The van der Waals surface area contributed by atoms with Gasteiger partial charge in [0.05, 0.1) is 5.69 Å². The van der Waals surface area contributed by atoms with Crippen LogP contribution < -0.4 is 21.1 Å². The van der Waals surface area contributed by atoms with Crippen molar-refractivity contribution in [1.29, 1.82) is 0 Å². The van der Waals surface area contributed by atoms with Gasteiger partial charge in [0.2, 0.25) is 5.95 Å². The maximum Gasteiger partial charge on any atom is 0.266 e. The summed E-state index contributed by atoms with van der Waals surface area (Å²) in [7, 11) is 1.81. The van der Waals surface area contributed by atoms with Gasteiger partial charge in [0.1, 0.15) is 16.9 Å². The monoisotopic (exact) mass is 484 g/mol.